The molecule has 0 radical (unpaired) electrons. The summed E-state index contributed by atoms with van der Waals surface area (Å²) in [5.74, 6) is -1.65. The van der Waals surface area contributed by atoms with E-state index in [1.165, 1.54) is 11.1 Å². The fraction of sp³-hybridized carbons (Fsp3) is 0.375. The van der Waals surface area contributed by atoms with Gasteiger partial charge in [0.2, 0.25) is 5.91 Å². The number of hydrogen-bond donors (Lipinski definition) is 1. The van der Waals surface area contributed by atoms with Crippen molar-refractivity contribution in [3.8, 4) is 0 Å². The Morgan fingerprint density at radius 1 is 1.32 bits per heavy atom. The highest BCUT2D eigenvalue weighted by molar-refractivity contribution is 7.80. The predicted molar refractivity (Wildman–Crippen MR) is 89.1 cm³/mol. The summed E-state index contributed by atoms with van der Waals surface area (Å²) in [6, 6.07) is 6.02. The highest BCUT2D eigenvalue weighted by Gasteiger charge is 2.39. The van der Waals surface area contributed by atoms with Crippen molar-refractivity contribution in [2.24, 2.45) is 10.9 Å². The number of hydrogen-bond acceptors (Lipinski definition) is 4. The van der Waals surface area contributed by atoms with Crippen LogP contribution in [0.5, 0.6) is 0 Å². The molecule has 5 nitrogen and oxygen atoms in total. The Morgan fingerprint density at radius 3 is 2.68 bits per heavy atom. The summed E-state index contributed by atoms with van der Waals surface area (Å²) in [5.41, 5.74) is 2.74. The third-order valence-electron chi connectivity index (χ3n) is 3.79. The lowest BCUT2D eigenvalue weighted by molar-refractivity contribution is -0.130. The van der Waals surface area contributed by atoms with Crippen molar-refractivity contribution in [3.63, 3.8) is 0 Å². The second-order valence-corrected chi connectivity index (χ2v) is 6.15. The first-order valence-electron chi connectivity index (χ1n) is 7.26. The molecule has 1 N–H and O–H groups in total. The van der Waals surface area contributed by atoms with E-state index in [1.54, 1.807) is 0 Å². The predicted octanol–water partition coefficient (Wildman–Crippen LogP) is 1.90. The van der Waals surface area contributed by atoms with E-state index in [0.717, 1.165) is 24.0 Å². The minimum Gasteiger partial charge on any atom is -0.301 e. The van der Waals surface area contributed by atoms with Gasteiger partial charge in [-0.15, -0.1) is 0 Å². The molecule has 1 saturated heterocycles. The topological polar surface area (TPSA) is 61.8 Å². The number of anilines is 1. The van der Waals surface area contributed by atoms with Gasteiger partial charge in [0.15, 0.2) is 11.0 Å². The fourth-order valence-corrected chi connectivity index (χ4v) is 2.73. The van der Waals surface area contributed by atoms with E-state index in [9.17, 15) is 9.59 Å². The Balaban J connectivity index is 1.93. The van der Waals surface area contributed by atoms with Crippen LogP contribution in [0.25, 0.3) is 0 Å². The smallest absolute Gasteiger partial charge is 0.251 e. The maximum atomic E-state index is 12.7. The van der Waals surface area contributed by atoms with Crippen LogP contribution in [0, 0.1) is 19.8 Å². The van der Waals surface area contributed by atoms with Crippen molar-refractivity contribution in [3.05, 3.63) is 29.3 Å². The van der Waals surface area contributed by atoms with E-state index in [1.807, 2.05) is 32.0 Å². The summed E-state index contributed by atoms with van der Waals surface area (Å²) >= 11 is 5.19. The molecule has 1 aromatic rings. The Labute approximate surface area is 134 Å². The van der Waals surface area contributed by atoms with E-state index in [4.69, 9.17) is 12.2 Å². The average Bonchev–Trinajstić information content (AvgIpc) is 3.24. The molecule has 0 spiro atoms. The van der Waals surface area contributed by atoms with Gasteiger partial charge in [-0.05, 0) is 50.5 Å². The molecule has 1 unspecified atom stereocenters. The molecular formula is C16H17N3O2S. The molecule has 1 heterocycles. The molecule has 0 bridgehead atoms. The van der Waals surface area contributed by atoms with Crippen molar-refractivity contribution < 1.29 is 9.59 Å². The van der Waals surface area contributed by atoms with Crippen LogP contribution in [-0.4, -0.2) is 29.2 Å². The second kappa shape index (κ2) is 5.61. The summed E-state index contributed by atoms with van der Waals surface area (Å²) in [4.78, 5) is 30.4. The van der Waals surface area contributed by atoms with Gasteiger partial charge in [0.05, 0.1) is 5.69 Å². The molecule has 6 heteroatoms. The summed E-state index contributed by atoms with van der Waals surface area (Å²) in [7, 11) is 0. The molecule has 1 aliphatic carbocycles. The fourth-order valence-electron chi connectivity index (χ4n) is 2.44. The van der Waals surface area contributed by atoms with Crippen LogP contribution in [0.3, 0.4) is 0 Å². The molecule has 3 rings (SSSR count). The Morgan fingerprint density at radius 2 is 2.05 bits per heavy atom. The molecule has 1 saturated carbocycles. The lowest BCUT2D eigenvalue weighted by atomic mass is 10.0. The van der Waals surface area contributed by atoms with Crippen LogP contribution < -0.4 is 10.2 Å². The van der Waals surface area contributed by atoms with Crippen molar-refractivity contribution in [1.82, 2.24) is 5.32 Å². The van der Waals surface area contributed by atoms with Crippen LogP contribution >= 0.6 is 12.2 Å². The van der Waals surface area contributed by atoms with E-state index in [-0.39, 0.29) is 17.1 Å². The third-order valence-corrected chi connectivity index (χ3v) is 4.07. The molecule has 0 aromatic heterocycles. The van der Waals surface area contributed by atoms with Gasteiger partial charge in [-0.3, -0.25) is 19.5 Å². The molecule has 2 fully saturated rings. The molecule has 2 aliphatic rings. The lowest BCUT2D eigenvalue weighted by Gasteiger charge is -2.32. The van der Waals surface area contributed by atoms with E-state index < -0.39 is 11.8 Å². The van der Waals surface area contributed by atoms with Crippen LogP contribution in [0.15, 0.2) is 23.2 Å². The Hall–Kier alpha value is -2.08. The van der Waals surface area contributed by atoms with Gasteiger partial charge < -0.3 is 5.32 Å². The van der Waals surface area contributed by atoms with Gasteiger partial charge in [0.1, 0.15) is 0 Å². The van der Waals surface area contributed by atoms with Gasteiger partial charge in [-0.1, -0.05) is 17.7 Å². The number of amides is 2. The monoisotopic (exact) mass is 315 g/mol. The molecule has 2 amide bonds. The van der Waals surface area contributed by atoms with Gasteiger partial charge in [0.25, 0.3) is 5.91 Å². The van der Waals surface area contributed by atoms with E-state index in [0.29, 0.717) is 5.69 Å². The van der Waals surface area contributed by atoms with Crippen LogP contribution in [-0.2, 0) is 9.59 Å². The summed E-state index contributed by atoms with van der Waals surface area (Å²) in [6.07, 6.45) is 3.52. The number of carbonyl (C=O) groups is 2. The zero-order chi connectivity index (χ0) is 15.9. The number of aryl methyl sites for hydroxylation is 2. The maximum absolute atomic E-state index is 12.7. The number of nitrogens with zero attached hydrogens (tertiary/aromatic N) is 2. The average molecular weight is 315 g/mol. The van der Waals surface area contributed by atoms with Gasteiger partial charge >= 0.3 is 0 Å². The summed E-state index contributed by atoms with van der Waals surface area (Å²) < 4.78 is 0. The van der Waals surface area contributed by atoms with E-state index >= 15 is 0 Å². The number of rotatable bonds is 3. The normalized spacial score (nSPS) is 22.4. The standard InChI is InChI=1S/C16H17N3O2S/c1-9-3-6-13(10(2)7-9)19-15(21)12(8-17-11-4-5-11)14(20)18-16(19)22/h3,6-8,11-12H,4-5H2,1-2H3,(H,18,20,22). The number of carbonyl (C=O) groups excluding carboxylic acids is 2. The summed E-state index contributed by atoms with van der Waals surface area (Å²) in [6.45, 7) is 3.90. The molecule has 1 aliphatic heterocycles. The first-order chi connectivity index (χ1) is 10.5. The van der Waals surface area contributed by atoms with Crippen molar-refractivity contribution in [2.45, 2.75) is 32.7 Å². The van der Waals surface area contributed by atoms with Gasteiger partial charge in [-0.25, -0.2) is 0 Å². The largest absolute Gasteiger partial charge is 0.301 e. The number of benzene rings is 1. The first-order valence-corrected chi connectivity index (χ1v) is 7.67. The third kappa shape index (κ3) is 2.78. The first kappa shape index (κ1) is 14.8. The van der Waals surface area contributed by atoms with Crippen LogP contribution in [0.2, 0.25) is 0 Å². The number of nitrogens with one attached hydrogen (secondary N) is 1. The number of thiocarbonyl (C=S) groups is 1. The van der Waals surface area contributed by atoms with Crippen LogP contribution in [0.4, 0.5) is 5.69 Å². The van der Waals surface area contributed by atoms with Crippen molar-refractivity contribution in [2.75, 3.05) is 4.90 Å². The highest BCUT2D eigenvalue weighted by Crippen LogP contribution is 2.26. The Bertz CT molecular complexity index is 695. The minimum absolute atomic E-state index is 0.123. The van der Waals surface area contributed by atoms with Crippen molar-refractivity contribution in [1.29, 1.82) is 0 Å². The van der Waals surface area contributed by atoms with E-state index in [2.05, 4.69) is 10.3 Å². The summed E-state index contributed by atoms with van der Waals surface area (Å²) in [5, 5.41) is 2.72. The molecule has 1 aromatic carbocycles. The van der Waals surface area contributed by atoms with Crippen molar-refractivity contribution >= 4 is 41.0 Å². The van der Waals surface area contributed by atoms with Gasteiger partial charge in [0, 0.05) is 12.3 Å². The Kier molecular flexibility index (Phi) is 3.78. The number of aliphatic imine (C=N–C) groups is 1. The lowest BCUT2D eigenvalue weighted by Crippen LogP contribution is -2.58. The molecular weight excluding hydrogens is 298 g/mol. The molecule has 114 valence electrons. The molecule has 22 heavy (non-hydrogen) atoms. The zero-order valence-electron chi connectivity index (χ0n) is 12.5. The zero-order valence-corrected chi connectivity index (χ0v) is 13.3. The second-order valence-electron chi connectivity index (χ2n) is 5.76. The van der Waals surface area contributed by atoms with Gasteiger partial charge in [-0.2, -0.15) is 0 Å². The molecule has 1 atom stereocenters. The SMILES string of the molecule is Cc1ccc(N2C(=O)C(C=NC3CC3)C(=O)NC2=S)c(C)c1. The quantitative estimate of drug-likeness (QED) is 0.526. The highest BCUT2D eigenvalue weighted by atomic mass is 32.1. The minimum atomic E-state index is -0.909. The maximum Gasteiger partial charge on any atom is 0.251 e. The van der Waals surface area contributed by atoms with Crippen LogP contribution in [0.1, 0.15) is 24.0 Å².